The lowest BCUT2D eigenvalue weighted by atomic mass is 10.1. The summed E-state index contributed by atoms with van der Waals surface area (Å²) in [6, 6.07) is 9.46. The lowest BCUT2D eigenvalue weighted by Gasteiger charge is -2.20. The van der Waals surface area contributed by atoms with E-state index in [2.05, 4.69) is 18.7 Å². The Morgan fingerprint density at radius 3 is 2.28 bits per heavy atom. The Hall–Kier alpha value is -2.28. The van der Waals surface area contributed by atoms with Crippen LogP contribution in [0.1, 0.15) is 19.4 Å². The van der Waals surface area contributed by atoms with Crippen molar-refractivity contribution >= 4 is 17.7 Å². The molecule has 18 heavy (non-hydrogen) atoms. The molecule has 1 aromatic rings. The van der Waals surface area contributed by atoms with Crippen LogP contribution in [-0.2, 0) is 4.79 Å². The van der Waals surface area contributed by atoms with Crippen LogP contribution in [0.2, 0.25) is 0 Å². The maximum atomic E-state index is 10.9. The number of amides is 1. The zero-order chi connectivity index (χ0) is 13.5. The topological polar surface area (TPSA) is 70.1 Å². The van der Waals surface area contributed by atoms with Gasteiger partial charge in [-0.1, -0.05) is 12.1 Å². The zero-order valence-corrected chi connectivity index (χ0v) is 10.7. The van der Waals surface area contributed by atoms with Gasteiger partial charge in [0.1, 0.15) is 11.6 Å². The fraction of sp³-hybridized carbons (Fsp3) is 0.286. The molecule has 0 aromatic heterocycles. The van der Waals surface area contributed by atoms with E-state index in [-0.39, 0.29) is 5.57 Å². The molecule has 4 nitrogen and oxygen atoms in total. The van der Waals surface area contributed by atoms with Gasteiger partial charge >= 0.3 is 0 Å². The second kappa shape index (κ2) is 6.45. The Morgan fingerprint density at radius 2 is 1.89 bits per heavy atom. The number of hydrogen-bond acceptors (Lipinski definition) is 3. The van der Waals surface area contributed by atoms with Gasteiger partial charge in [-0.15, -0.1) is 0 Å². The minimum absolute atomic E-state index is 0.0365. The van der Waals surface area contributed by atoms with E-state index in [1.54, 1.807) is 6.07 Å². The van der Waals surface area contributed by atoms with Crippen molar-refractivity contribution in [2.45, 2.75) is 13.8 Å². The Kier molecular flexibility index (Phi) is 4.94. The number of hydrogen-bond donors (Lipinski definition) is 1. The molecule has 0 spiro atoms. The van der Waals surface area contributed by atoms with Crippen molar-refractivity contribution in [2.75, 3.05) is 18.0 Å². The number of primary amides is 1. The van der Waals surface area contributed by atoms with Crippen molar-refractivity contribution in [3.63, 3.8) is 0 Å². The maximum absolute atomic E-state index is 10.9. The average molecular weight is 243 g/mol. The predicted octanol–water partition coefficient (Wildman–Crippen LogP) is 1.93. The first-order valence-electron chi connectivity index (χ1n) is 5.89. The molecule has 0 aliphatic carbocycles. The zero-order valence-electron chi connectivity index (χ0n) is 10.7. The van der Waals surface area contributed by atoms with Gasteiger partial charge in [0.05, 0.1) is 0 Å². The molecule has 0 fully saturated rings. The number of rotatable bonds is 5. The molecule has 0 bridgehead atoms. The third-order valence-corrected chi connectivity index (χ3v) is 2.72. The van der Waals surface area contributed by atoms with E-state index in [0.717, 1.165) is 24.3 Å². The van der Waals surface area contributed by atoms with E-state index < -0.39 is 5.91 Å². The fourth-order valence-corrected chi connectivity index (χ4v) is 1.70. The molecule has 0 atom stereocenters. The summed E-state index contributed by atoms with van der Waals surface area (Å²) < 4.78 is 0. The maximum Gasteiger partial charge on any atom is 0.259 e. The molecular weight excluding hydrogens is 226 g/mol. The van der Waals surface area contributed by atoms with Crippen LogP contribution in [0.5, 0.6) is 0 Å². The molecule has 0 unspecified atom stereocenters. The van der Waals surface area contributed by atoms with Gasteiger partial charge < -0.3 is 10.6 Å². The van der Waals surface area contributed by atoms with Crippen molar-refractivity contribution in [1.29, 1.82) is 5.26 Å². The number of nitrogens with zero attached hydrogens (tertiary/aromatic N) is 2. The summed E-state index contributed by atoms with van der Waals surface area (Å²) in [6.07, 6.45) is 1.49. The SMILES string of the molecule is CCN(CC)c1ccc(/C=C(\C#N)C(N)=O)cc1. The lowest BCUT2D eigenvalue weighted by Crippen LogP contribution is -2.21. The Bertz CT molecular complexity index is 479. The Balaban J connectivity index is 2.97. The van der Waals surface area contributed by atoms with Gasteiger partial charge in [-0.3, -0.25) is 4.79 Å². The first-order valence-corrected chi connectivity index (χ1v) is 5.89. The van der Waals surface area contributed by atoms with Gasteiger partial charge in [-0.25, -0.2) is 0 Å². The largest absolute Gasteiger partial charge is 0.372 e. The molecule has 94 valence electrons. The van der Waals surface area contributed by atoms with Gasteiger partial charge in [0, 0.05) is 18.8 Å². The van der Waals surface area contributed by atoms with E-state index >= 15 is 0 Å². The summed E-state index contributed by atoms with van der Waals surface area (Å²) in [4.78, 5) is 13.1. The highest BCUT2D eigenvalue weighted by molar-refractivity contribution is 6.00. The monoisotopic (exact) mass is 243 g/mol. The minimum Gasteiger partial charge on any atom is -0.372 e. The number of nitrogens with two attached hydrogens (primary N) is 1. The molecule has 0 radical (unpaired) electrons. The number of benzene rings is 1. The van der Waals surface area contributed by atoms with Crippen LogP contribution in [0.25, 0.3) is 6.08 Å². The van der Waals surface area contributed by atoms with Crippen LogP contribution in [0.4, 0.5) is 5.69 Å². The highest BCUT2D eigenvalue weighted by Crippen LogP contribution is 2.16. The second-order valence-electron chi connectivity index (χ2n) is 3.80. The highest BCUT2D eigenvalue weighted by atomic mass is 16.1. The summed E-state index contributed by atoms with van der Waals surface area (Å²) in [5.41, 5.74) is 6.95. The predicted molar refractivity (Wildman–Crippen MR) is 72.8 cm³/mol. The average Bonchev–Trinajstić information content (AvgIpc) is 2.38. The van der Waals surface area contributed by atoms with Crippen LogP contribution in [-0.4, -0.2) is 19.0 Å². The number of carbonyl (C=O) groups excluding carboxylic acids is 1. The van der Waals surface area contributed by atoms with E-state index in [1.165, 1.54) is 6.08 Å². The molecule has 0 aliphatic rings. The summed E-state index contributed by atoms with van der Waals surface area (Å²) in [6.45, 7) is 6.07. The molecule has 0 saturated carbocycles. The van der Waals surface area contributed by atoms with E-state index in [1.807, 2.05) is 24.3 Å². The summed E-state index contributed by atoms with van der Waals surface area (Å²) in [5, 5.41) is 8.75. The van der Waals surface area contributed by atoms with Crippen LogP contribution < -0.4 is 10.6 Å². The molecule has 0 heterocycles. The van der Waals surface area contributed by atoms with E-state index in [9.17, 15) is 4.79 Å². The van der Waals surface area contributed by atoms with Crippen LogP contribution >= 0.6 is 0 Å². The number of anilines is 1. The van der Waals surface area contributed by atoms with Crippen molar-refractivity contribution in [3.8, 4) is 6.07 Å². The van der Waals surface area contributed by atoms with Gasteiger partial charge in [0.15, 0.2) is 0 Å². The summed E-state index contributed by atoms with van der Waals surface area (Å²) >= 11 is 0. The standard InChI is InChI=1S/C14H17N3O/c1-3-17(4-2)13-7-5-11(6-8-13)9-12(10-15)14(16)18/h5-9H,3-4H2,1-2H3,(H2,16,18)/b12-9+. The summed E-state index contributed by atoms with van der Waals surface area (Å²) in [7, 11) is 0. The Labute approximate surface area is 107 Å². The molecule has 1 aromatic carbocycles. The lowest BCUT2D eigenvalue weighted by molar-refractivity contribution is -0.114. The fourth-order valence-electron chi connectivity index (χ4n) is 1.70. The van der Waals surface area contributed by atoms with Crippen LogP contribution in [0.15, 0.2) is 29.8 Å². The molecule has 2 N–H and O–H groups in total. The van der Waals surface area contributed by atoms with Gasteiger partial charge in [0.2, 0.25) is 0 Å². The van der Waals surface area contributed by atoms with Gasteiger partial charge in [-0.2, -0.15) is 5.26 Å². The van der Waals surface area contributed by atoms with E-state index in [4.69, 9.17) is 11.0 Å². The number of nitriles is 1. The smallest absolute Gasteiger partial charge is 0.259 e. The molecule has 1 amide bonds. The minimum atomic E-state index is -0.703. The molecule has 4 heteroatoms. The highest BCUT2D eigenvalue weighted by Gasteiger charge is 2.04. The van der Waals surface area contributed by atoms with Crippen LogP contribution in [0.3, 0.4) is 0 Å². The van der Waals surface area contributed by atoms with Crippen LogP contribution in [0, 0.1) is 11.3 Å². The van der Waals surface area contributed by atoms with Gasteiger partial charge in [0.25, 0.3) is 5.91 Å². The van der Waals surface area contributed by atoms with Gasteiger partial charge in [-0.05, 0) is 37.6 Å². The first-order chi connectivity index (χ1) is 8.62. The quantitative estimate of drug-likeness (QED) is 0.634. The molecule has 0 saturated heterocycles. The van der Waals surface area contributed by atoms with Crippen molar-refractivity contribution < 1.29 is 4.79 Å². The molecular formula is C14H17N3O. The number of carbonyl (C=O) groups is 1. The van der Waals surface area contributed by atoms with Crippen molar-refractivity contribution in [2.24, 2.45) is 5.73 Å². The van der Waals surface area contributed by atoms with Crippen molar-refractivity contribution in [3.05, 3.63) is 35.4 Å². The van der Waals surface area contributed by atoms with Crippen molar-refractivity contribution in [1.82, 2.24) is 0 Å². The third-order valence-electron chi connectivity index (χ3n) is 2.72. The molecule has 0 aliphatic heterocycles. The molecule has 1 rings (SSSR count). The normalized spacial score (nSPS) is 10.8. The second-order valence-corrected chi connectivity index (χ2v) is 3.80. The first kappa shape index (κ1) is 13.8. The summed E-state index contributed by atoms with van der Waals surface area (Å²) in [5.74, 6) is -0.703. The third kappa shape index (κ3) is 3.36. The Morgan fingerprint density at radius 1 is 1.33 bits per heavy atom. The van der Waals surface area contributed by atoms with E-state index in [0.29, 0.717) is 0 Å².